The Morgan fingerprint density at radius 1 is 1.00 bits per heavy atom. The molecular formula is C17H33N. The first-order valence-corrected chi connectivity index (χ1v) is 8.28. The van der Waals surface area contributed by atoms with Gasteiger partial charge in [0.25, 0.3) is 0 Å². The third-order valence-electron chi connectivity index (χ3n) is 5.32. The molecule has 2 fully saturated rings. The van der Waals surface area contributed by atoms with Gasteiger partial charge >= 0.3 is 0 Å². The Bertz CT molecular complexity index is 246. The van der Waals surface area contributed by atoms with Crippen LogP contribution in [0, 0.1) is 17.3 Å². The van der Waals surface area contributed by atoms with Crippen LogP contribution in [0.2, 0.25) is 0 Å². The molecule has 0 heterocycles. The first-order chi connectivity index (χ1) is 8.55. The quantitative estimate of drug-likeness (QED) is 0.713. The van der Waals surface area contributed by atoms with Crippen LogP contribution in [0.25, 0.3) is 0 Å². The van der Waals surface area contributed by atoms with Crippen molar-refractivity contribution in [3.8, 4) is 0 Å². The molecule has 0 radical (unpaired) electrons. The highest BCUT2D eigenvalue weighted by atomic mass is 14.9. The Labute approximate surface area is 114 Å². The highest BCUT2D eigenvalue weighted by molar-refractivity contribution is 4.81. The third kappa shape index (κ3) is 4.57. The minimum atomic E-state index is 0.593. The van der Waals surface area contributed by atoms with Gasteiger partial charge in [-0.25, -0.2) is 0 Å². The lowest BCUT2D eigenvalue weighted by Gasteiger charge is -2.29. The fourth-order valence-electron chi connectivity index (χ4n) is 3.94. The molecule has 2 aliphatic carbocycles. The molecule has 2 saturated carbocycles. The topological polar surface area (TPSA) is 12.0 Å². The van der Waals surface area contributed by atoms with Crippen molar-refractivity contribution in [3.63, 3.8) is 0 Å². The maximum atomic E-state index is 3.89. The van der Waals surface area contributed by atoms with E-state index >= 15 is 0 Å². The third-order valence-corrected chi connectivity index (χ3v) is 5.32. The normalized spacial score (nSPS) is 37.2. The monoisotopic (exact) mass is 251 g/mol. The molecule has 0 aromatic rings. The van der Waals surface area contributed by atoms with Gasteiger partial charge in [0, 0.05) is 6.04 Å². The van der Waals surface area contributed by atoms with Gasteiger partial charge < -0.3 is 5.32 Å². The van der Waals surface area contributed by atoms with Gasteiger partial charge in [-0.2, -0.15) is 0 Å². The molecule has 1 heteroatoms. The molecule has 1 nitrogen and oxygen atoms in total. The summed E-state index contributed by atoms with van der Waals surface area (Å²) < 4.78 is 0. The first-order valence-electron chi connectivity index (χ1n) is 8.28. The molecule has 0 aliphatic heterocycles. The van der Waals surface area contributed by atoms with E-state index in [-0.39, 0.29) is 0 Å². The summed E-state index contributed by atoms with van der Waals surface area (Å²) in [4.78, 5) is 0. The lowest BCUT2D eigenvalue weighted by atomic mass is 9.82. The number of hydrogen-bond acceptors (Lipinski definition) is 1. The van der Waals surface area contributed by atoms with Crippen LogP contribution in [-0.2, 0) is 0 Å². The summed E-state index contributed by atoms with van der Waals surface area (Å²) >= 11 is 0. The summed E-state index contributed by atoms with van der Waals surface area (Å²) in [6.07, 6.45) is 12.9. The van der Waals surface area contributed by atoms with Crippen LogP contribution in [0.15, 0.2) is 0 Å². The van der Waals surface area contributed by atoms with E-state index < -0.39 is 0 Å². The van der Waals surface area contributed by atoms with Gasteiger partial charge in [-0.05, 0) is 62.3 Å². The zero-order chi connectivity index (χ0) is 13.0. The molecule has 2 rings (SSSR count). The molecule has 0 aromatic heterocycles. The predicted molar refractivity (Wildman–Crippen MR) is 79.8 cm³/mol. The Kier molecular flexibility index (Phi) is 5.12. The van der Waals surface area contributed by atoms with Crippen LogP contribution in [0.4, 0.5) is 0 Å². The summed E-state index contributed by atoms with van der Waals surface area (Å²) in [5.41, 5.74) is 0.593. The SMILES string of the molecule is CC1CCCC(CNC2CCCC(C)(C)CC2)C1. The van der Waals surface area contributed by atoms with Crippen LogP contribution in [0.5, 0.6) is 0 Å². The second-order valence-corrected chi connectivity index (χ2v) is 7.84. The van der Waals surface area contributed by atoms with Crippen LogP contribution in [0.3, 0.4) is 0 Å². The van der Waals surface area contributed by atoms with Gasteiger partial charge in [0.1, 0.15) is 0 Å². The van der Waals surface area contributed by atoms with Crippen molar-refractivity contribution in [2.75, 3.05) is 6.54 Å². The predicted octanol–water partition coefficient (Wildman–Crippen LogP) is 4.76. The van der Waals surface area contributed by atoms with Crippen molar-refractivity contribution >= 4 is 0 Å². The van der Waals surface area contributed by atoms with Gasteiger partial charge in [0.05, 0.1) is 0 Å². The average molecular weight is 251 g/mol. The van der Waals surface area contributed by atoms with Crippen molar-refractivity contribution in [2.45, 2.75) is 84.6 Å². The standard InChI is InChI=1S/C17H33N/c1-14-6-4-7-15(12-14)13-18-16-8-5-10-17(2,3)11-9-16/h14-16,18H,4-13H2,1-3H3. The lowest BCUT2D eigenvalue weighted by Crippen LogP contribution is -2.34. The maximum absolute atomic E-state index is 3.89. The van der Waals surface area contributed by atoms with Gasteiger partial charge in [0.2, 0.25) is 0 Å². The first kappa shape index (κ1) is 14.4. The number of rotatable bonds is 3. The van der Waals surface area contributed by atoms with E-state index in [2.05, 4.69) is 26.1 Å². The Balaban J connectivity index is 1.70. The van der Waals surface area contributed by atoms with E-state index in [0.29, 0.717) is 5.41 Å². The van der Waals surface area contributed by atoms with Gasteiger partial charge in [-0.1, -0.05) is 40.0 Å². The van der Waals surface area contributed by atoms with E-state index in [0.717, 1.165) is 17.9 Å². The fraction of sp³-hybridized carbons (Fsp3) is 1.00. The zero-order valence-electron chi connectivity index (χ0n) is 12.8. The van der Waals surface area contributed by atoms with E-state index in [1.807, 2.05) is 0 Å². The lowest BCUT2D eigenvalue weighted by molar-refractivity contribution is 0.260. The summed E-state index contributed by atoms with van der Waals surface area (Å²) in [6.45, 7) is 8.60. The minimum Gasteiger partial charge on any atom is -0.314 e. The largest absolute Gasteiger partial charge is 0.314 e. The van der Waals surface area contributed by atoms with Crippen LogP contribution >= 0.6 is 0 Å². The van der Waals surface area contributed by atoms with Crippen LogP contribution in [0.1, 0.15) is 78.6 Å². The van der Waals surface area contributed by atoms with E-state index in [9.17, 15) is 0 Å². The number of hydrogen-bond donors (Lipinski definition) is 1. The summed E-state index contributed by atoms with van der Waals surface area (Å²) in [6, 6.07) is 0.809. The second kappa shape index (κ2) is 6.41. The molecule has 1 N–H and O–H groups in total. The summed E-state index contributed by atoms with van der Waals surface area (Å²) in [7, 11) is 0. The van der Waals surface area contributed by atoms with Crippen LogP contribution < -0.4 is 5.32 Å². The second-order valence-electron chi connectivity index (χ2n) is 7.84. The van der Waals surface area contributed by atoms with Crippen molar-refractivity contribution in [3.05, 3.63) is 0 Å². The maximum Gasteiger partial charge on any atom is 0.00673 e. The molecule has 3 atom stereocenters. The molecule has 18 heavy (non-hydrogen) atoms. The highest BCUT2D eigenvalue weighted by Gasteiger charge is 2.25. The Morgan fingerprint density at radius 3 is 2.61 bits per heavy atom. The minimum absolute atomic E-state index is 0.593. The van der Waals surface area contributed by atoms with E-state index in [4.69, 9.17) is 0 Å². The number of nitrogens with one attached hydrogen (secondary N) is 1. The van der Waals surface area contributed by atoms with E-state index in [1.165, 1.54) is 64.3 Å². The molecule has 0 saturated heterocycles. The molecular weight excluding hydrogens is 218 g/mol. The molecule has 0 bridgehead atoms. The summed E-state index contributed by atoms with van der Waals surface area (Å²) in [5, 5.41) is 3.89. The van der Waals surface area contributed by atoms with Crippen molar-refractivity contribution in [2.24, 2.45) is 17.3 Å². The summed E-state index contributed by atoms with van der Waals surface area (Å²) in [5.74, 6) is 1.93. The van der Waals surface area contributed by atoms with Gasteiger partial charge in [-0.15, -0.1) is 0 Å². The molecule has 2 aliphatic rings. The molecule has 3 unspecified atom stereocenters. The molecule has 0 amide bonds. The molecule has 0 spiro atoms. The molecule has 106 valence electrons. The Morgan fingerprint density at radius 2 is 1.83 bits per heavy atom. The zero-order valence-corrected chi connectivity index (χ0v) is 12.8. The van der Waals surface area contributed by atoms with Gasteiger partial charge in [0.15, 0.2) is 0 Å². The van der Waals surface area contributed by atoms with Gasteiger partial charge in [-0.3, -0.25) is 0 Å². The van der Waals surface area contributed by atoms with E-state index in [1.54, 1.807) is 0 Å². The average Bonchev–Trinajstić information content (AvgIpc) is 2.48. The van der Waals surface area contributed by atoms with Crippen molar-refractivity contribution in [1.29, 1.82) is 0 Å². The highest BCUT2D eigenvalue weighted by Crippen LogP contribution is 2.34. The van der Waals surface area contributed by atoms with Crippen molar-refractivity contribution < 1.29 is 0 Å². The fourth-order valence-corrected chi connectivity index (χ4v) is 3.94. The van der Waals surface area contributed by atoms with Crippen LogP contribution in [-0.4, -0.2) is 12.6 Å². The Hall–Kier alpha value is -0.0400. The smallest absolute Gasteiger partial charge is 0.00673 e. The van der Waals surface area contributed by atoms with Crippen molar-refractivity contribution in [1.82, 2.24) is 5.32 Å². The molecule has 0 aromatic carbocycles.